The van der Waals surface area contributed by atoms with E-state index in [9.17, 15) is 0 Å². The third kappa shape index (κ3) is 3.18. The maximum atomic E-state index is 6.00. The Balaban J connectivity index is 2.24. The summed E-state index contributed by atoms with van der Waals surface area (Å²) >= 11 is 6.00. The lowest BCUT2D eigenvalue weighted by Gasteiger charge is -2.18. The van der Waals surface area contributed by atoms with Crippen LogP contribution < -0.4 is 0 Å². The first-order valence-corrected chi connectivity index (χ1v) is 6.25. The van der Waals surface area contributed by atoms with Gasteiger partial charge in [0.05, 0.1) is 5.52 Å². The highest BCUT2D eigenvalue weighted by atomic mass is 35.5. The van der Waals surface area contributed by atoms with Crippen LogP contribution in [0.5, 0.6) is 0 Å². The van der Waals surface area contributed by atoms with Crippen LogP contribution >= 0.6 is 11.6 Å². The first-order valence-electron chi connectivity index (χ1n) is 5.82. The van der Waals surface area contributed by atoms with E-state index in [-0.39, 0.29) is 5.38 Å². The van der Waals surface area contributed by atoms with Crippen molar-refractivity contribution in [1.82, 2.24) is 9.88 Å². The summed E-state index contributed by atoms with van der Waals surface area (Å²) in [4.78, 5) is 6.68. The van der Waals surface area contributed by atoms with Crippen LogP contribution in [-0.2, 0) is 6.54 Å². The molecule has 1 aromatic heterocycles. The van der Waals surface area contributed by atoms with Crippen LogP contribution in [0, 0.1) is 0 Å². The molecule has 0 saturated carbocycles. The minimum Gasteiger partial charge on any atom is -0.301 e. The van der Waals surface area contributed by atoms with Crippen molar-refractivity contribution in [2.75, 3.05) is 13.6 Å². The van der Waals surface area contributed by atoms with Crippen molar-refractivity contribution in [2.45, 2.75) is 18.8 Å². The van der Waals surface area contributed by atoms with Crippen LogP contribution in [0.1, 0.15) is 12.5 Å². The summed E-state index contributed by atoms with van der Waals surface area (Å²) in [5.74, 6) is 0. The Labute approximate surface area is 107 Å². The van der Waals surface area contributed by atoms with Crippen LogP contribution in [0.15, 0.2) is 36.5 Å². The molecule has 2 rings (SSSR count). The van der Waals surface area contributed by atoms with Crippen molar-refractivity contribution in [2.24, 2.45) is 0 Å². The van der Waals surface area contributed by atoms with E-state index in [2.05, 4.69) is 41.2 Å². The Morgan fingerprint density at radius 2 is 2.06 bits per heavy atom. The molecule has 1 unspecified atom stereocenters. The van der Waals surface area contributed by atoms with E-state index in [4.69, 9.17) is 11.6 Å². The minimum absolute atomic E-state index is 0.169. The average molecular weight is 249 g/mol. The summed E-state index contributed by atoms with van der Waals surface area (Å²) in [6, 6.07) is 10.4. The molecular formula is C14H17ClN2. The van der Waals surface area contributed by atoms with Gasteiger partial charge in [0, 0.05) is 30.0 Å². The van der Waals surface area contributed by atoms with Gasteiger partial charge >= 0.3 is 0 Å². The lowest BCUT2D eigenvalue weighted by atomic mass is 10.1. The molecule has 0 spiro atoms. The first-order chi connectivity index (χ1) is 8.16. The molecule has 0 fully saturated rings. The topological polar surface area (TPSA) is 16.1 Å². The van der Waals surface area contributed by atoms with Crippen LogP contribution in [0.3, 0.4) is 0 Å². The second-order valence-corrected chi connectivity index (χ2v) is 5.21. The Hall–Kier alpha value is -1.12. The predicted molar refractivity (Wildman–Crippen MR) is 73.4 cm³/mol. The van der Waals surface area contributed by atoms with E-state index in [1.54, 1.807) is 0 Å². The highest BCUT2D eigenvalue weighted by Crippen LogP contribution is 2.17. The van der Waals surface area contributed by atoms with Crippen LogP contribution in [0.2, 0.25) is 0 Å². The van der Waals surface area contributed by atoms with Crippen LogP contribution in [-0.4, -0.2) is 28.9 Å². The Kier molecular flexibility index (Phi) is 3.97. The number of hydrogen-bond acceptors (Lipinski definition) is 2. The van der Waals surface area contributed by atoms with Crippen LogP contribution in [0.25, 0.3) is 10.9 Å². The largest absolute Gasteiger partial charge is 0.301 e. The van der Waals surface area contributed by atoms with Gasteiger partial charge in [-0.2, -0.15) is 0 Å². The number of benzene rings is 1. The van der Waals surface area contributed by atoms with Gasteiger partial charge in [-0.25, -0.2) is 0 Å². The zero-order valence-electron chi connectivity index (χ0n) is 10.2. The van der Waals surface area contributed by atoms with Gasteiger partial charge in [0.15, 0.2) is 0 Å². The second-order valence-electron chi connectivity index (χ2n) is 4.47. The number of rotatable bonds is 4. The molecule has 1 aromatic carbocycles. The fourth-order valence-electron chi connectivity index (χ4n) is 2.08. The number of pyridine rings is 1. The van der Waals surface area contributed by atoms with Gasteiger partial charge in [0.25, 0.3) is 0 Å². The van der Waals surface area contributed by atoms with Gasteiger partial charge in [-0.1, -0.05) is 24.3 Å². The van der Waals surface area contributed by atoms with E-state index < -0.39 is 0 Å². The summed E-state index contributed by atoms with van der Waals surface area (Å²) in [6.07, 6.45) is 1.84. The van der Waals surface area contributed by atoms with E-state index in [0.717, 1.165) is 18.6 Å². The van der Waals surface area contributed by atoms with Crippen molar-refractivity contribution >= 4 is 22.5 Å². The van der Waals surface area contributed by atoms with Crippen molar-refractivity contribution in [3.8, 4) is 0 Å². The molecule has 17 heavy (non-hydrogen) atoms. The average Bonchev–Trinajstić information content (AvgIpc) is 2.28. The molecule has 0 saturated heterocycles. The molecule has 0 N–H and O–H groups in total. The molecular weight excluding hydrogens is 232 g/mol. The highest BCUT2D eigenvalue weighted by Gasteiger charge is 2.07. The normalized spacial score (nSPS) is 13.2. The number of fused-ring (bicyclic) bond motifs is 1. The molecule has 0 amide bonds. The number of para-hydroxylation sites is 1. The summed E-state index contributed by atoms with van der Waals surface area (Å²) < 4.78 is 0. The Morgan fingerprint density at radius 1 is 1.29 bits per heavy atom. The molecule has 3 heteroatoms. The number of hydrogen-bond donors (Lipinski definition) is 0. The van der Waals surface area contributed by atoms with E-state index >= 15 is 0 Å². The lowest BCUT2D eigenvalue weighted by molar-refractivity contribution is 0.331. The predicted octanol–water partition coefficient (Wildman–Crippen LogP) is 3.29. The third-order valence-electron chi connectivity index (χ3n) is 2.72. The zero-order chi connectivity index (χ0) is 12.3. The van der Waals surface area contributed by atoms with Gasteiger partial charge < -0.3 is 4.90 Å². The van der Waals surface area contributed by atoms with Crippen molar-refractivity contribution in [3.05, 3.63) is 42.1 Å². The van der Waals surface area contributed by atoms with Crippen molar-refractivity contribution < 1.29 is 0 Å². The highest BCUT2D eigenvalue weighted by molar-refractivity contribution is 6.20. The minimum atomic E-state index is 0.169. The first kappa shape index (κ1) is 12.3. The van der Waals surface area contributed by atoms with E-state index in [0.29, 0.717) is 0 Å². The summed E-state index contributed by atoms with van der Waals surface area (Å²) in [6.45, 7) is 3.77. The van der Waals surface area contributed by atoms with Gasteiger partial charge in [0.1, 0.15) is 0 Å². The standard InChI is InChI=1S/C14H17ClN2/c1-11(15)9-17(2)10-13-6-3-5-12-7-4-8-16-14(12)13/h3-8,11H,9-10H2,1-2H3. The fourth-order valence-corrected chi connectivity index (χ4v) is 2.32. The number of aromatic nitrogens is 1. The monoisotopic (exact) mass is 248 g/mol. The number of halogens is 1. The molecule has 2 aromatic rings. The molecule has 0 aliphatic carbocycles. The van der Waals surface area contributed by atoms with E-state index in [1.165, 1.54) is 10.9 Å². The third-order valence-corrected chi connectivity index (χ3v) is 2.86. The number of nitrogens with zero attached hydrogens (tertiary/aromatic N) is 2. The van der Waals surface area contributed by atoms with Crippen LogP contribution in [0.4, 0.5) is 0 Å². The summed E-state index contributed by atoms with van der Waals surface area (Å²) in [7, 11) is 2.08. The molecule has 2 nitrogen and oxygen atoms in total. The molecule has 90 valence electrons. The summed E-state index contributed by atoms with van der Waals surface area (Å²) in [5.41, 5.74) is 2.34. The molecule has 0 aliphatic heterocycles. The van der Waals surface area contributed by atoms with Crippen molar-refractivity contribution in [1.29, 1.82) is 0 Å². The Morgan fingerprint density at radius 3 is 2.82 bits per heavy atom. The maximum absolute atomic E-state index is 6.00. The summed E-state index contributed by atoms with van der Waals surface area (Å²) in [5, 5.41) is 1.36. The molecule has 0 bridgehead atoms. The van der Waals surface area contributed by atoms with E-state index in [1.807, 2.05) is 19.2 Å². The fraction of sp³-hybridized carbons (Fsp3) is 0.357. The smallest absolute Gasteiger partial charge is 0.0746 e. The zero-order valence-corrected chi connectivity index (χ0v) is 11.0. The van der Waals surface area contributed by atoms with Crippen molar-refractivity contribution in [3.63, 3.8) is 0 Å². The maximum Gasteiger partial charge on any atom is 0.0746 e. The number of alkyl halides is 1. The molecule has 0 radical (unpaired) electrons. The molecule has 1 heterocycles. The van der Waals surface area contributed by atoms with Gasteiger partial charge in [-0.3, -0.25) is 4.98 Å². The second kappa shape index (κ2) is 5.48. The Bertz CT molecular complexity index is 491. The van der Waals surface area contributed by atoms with Gasteiger partial charge in [-0.05, 0) is 25.6 Å². The molecule has 1 atom stereocenters. The van der Waals surface area contributed by atoms with Gasteiger partial charge in [0.2, 0.25) is 0 Å². The lowest BCUT2D eigenvalue weighted by Crippen LogP contribution is -2.24. The van der Waals surface area contributed by atoms with Gasteiger partial charge in [-0.15, -0.1) is 11.6 Å². The SMILES string of the molecule is CC(Cl)CN(C)Cc1cccc2cccnc12. The molecule has 0 aliphatic rings. The quantitative estimate of drug-likeness (QED) is 0.772.